The van der Waals surface area contributed by atoms with Gasteiger partial charge in [0.25, 0.3) is 0 Å². The third-order valence-electron chi connectivity index (χ3n) is 3.84. The second kappa shape index (κ2) is 4.38. The monoisotopic (exact) mass is 210 g/mol. The van der Waals surface area contributed by atoms with Gasteiger partial charge in [-0.05, 0) is 43.9 Å². The van der Waals surface area contributed by atoms with Crippen molar-refractivity contribution in [1.82, 2.24) is 0 Å². The molecule has 0 aromatic heterocycles. The van der Waals surface area contributed by atoms with Gasteiger partial charge in [0.2, 0.25) is 0 Å². The molecule has 1 saturated carbocycles. The summed E-state index contributed by atoms with van der Waals surface area (Å²) in [4.78, 5) is 11.4. The van der Waals surface area contributed by atoms with Crippen LogP contribution in [0.5, 0.6) is 0 Å². The van der Waals surface area contributed by atoms with Crippen molar-refractivity contribution in [2.45, 2.75) is 52.4 Å². The Labute approximate surface area is 92.4 Å². The summed E-state index contributed by atoms with van der Waals surface area (Å²) < 4.78 is 0. The minimum Gasteiger partial charge on any atom is -0.481 e. The molecule has 1 aliphatic carbocycles. The minimum absolute atomic E-state index is 0.327. The molecule has 0 aromatic carbocycles. The van der Waals surface area contributed by atoms with Crippen LogP contribution in [0.2, 0.25) is 0 Å². The maximum atomic E-state index is 11.4. The van der Waals surface area contributed by atoms with Crippen molar-refractivity contribution in [3.63, 3.8) is 0 Å². The lowest BCUT2D eigenvalue weighted by Gasteiger charge is -2.40. The number of carboxylic acids is 1. The van der Waals surface area contributed by atoms with Crippen LogP contribution >= 0.6 is 0 Å². The molecule has 0 amide bonds. The van der Waals surface area contributed by atoms with E-state index in [1.807, 2.05) is 6.08 Å². The van der Waals surface area contributed by atoms with Gasteiger partial charge in [-0.2, -0.15) is 0 Å². The average Bonchev–Trinajstić information content (AvgIpc) is 2.16. The molecule has 0 unspecified atom stereocenters. The van der Waals surface area contributed by atoms with Gasteiger partial charge in [0.1, 0.15) is 0 Å². The van der Waals surface area contributed by atoms with Gasteiger partial charge in [-0.15, -0.1) is 6.58 Å². The van der Waals surface area contributed by atoms with Crippen LogP contribution in [0.25, 0.3) is 0 Å². The lowest BCUT2D eigenvalue weighted by atomic mass is 9.63. The molecule has 0 bridgehead atoms. The highest BCUT2D eigenvalue weighted by Gasteiger charge is 2.43. The summed E-state index contributed by atoms with van der Waals surface area (Å²) >= 11 is 0. The van der Waals surface area contributed by atoms with Crippen molar-refractivity contribution >= 4 is 5.97 Å². The Hall–Kier alpha value is -0.790. The van der Waals surface area contributed by atoms with Crippen molar-refractivity contribution in [3.05, 3.63) is 12.7 Å². The number of carboxylic acid groups (broad SMARTS) is 1. The lowest BCUT2D eigenvalue weighted by Crippen LogP contribution is -2.37. The van der Waals surface area contributed by atoms with E-state index in [1.165, 1.54) is 0 Å². The number of aliphatic carboxylic acids is 1. The number of hydrogen-bond donors (Lipinski definition) is 1. The van der Waals surface area contributed by atoms with Crippen LogP contribution in [0.3, 0.4) is 0 Å². The molecule has 0 heterocycles. The first-order chi connectivity index (χ1) is 6.92. The quantitative estimate of drug-likeness (QED) is 0.719. The second-order valence-corrected chi connectivity index (χ2v) is 5.58. The molecule has 2 nitrogen and oxygen atoms in total. The fraction of sp³-hybridized carbons (Fsp3) is 0.769. The second-order valence-electron chi connectivity index (χ2n) is 5.58. The molecule has 0 atom stereocenters. The van der Waals surface area contributed by atoms with E-state index in [1.54, 1.807) is 0 Å². The maximum absolute atomic E-state index is 11.4. The molecule has 0 spiro atoms. The summed E-state index contributed by atoms with van der Waals surface area (Å²) in [7, 11) is 0. The molecular weight excluding hydrogens is 188 g/mol. The van der Waals surface area contributed by atoms with Gasteiger partial charge in [-0.3, -0.25) is 4.79 Å². The number of rotatable bonds is 4. The van der Waals surface area contributed by atoms with E-state index in [2.05, 4.69) is 20.4 Å². The summed E-state index contributed by atoms with van der Waals surface area (Å²) in [5.74, 6) is -0.611. The first kappa shape index (κ1) is 12.3. The maximum Gasteiger partial charge on any atom is 0.309 e. The van der Waals surface area contributed by atoms with Crippen LogP contribution in [0.15, 0.2) is 12.7 Å². The van der Waals surface area contributed by atoms with Gasteiger partial charge >= 0.3 is 5.97 Å². The van der Waals surface area contributed by atoms with Crippen molar-refractivity contribution in [3.8, 4) is 0 Å². The highest BCUT2D eigenvalue weighted by Crippen LogP contribution is 2.47. The van der Waals surface area contributed by atoms with Gasteiger partial charge in [-0.25, -0.2) is 0 Å². The van der Waals surface area contributed by atoms with E-state index < -0.39 is 11.4 Å². The van der Waals surface area contributed by atoms with Crippen LogP contribution in [0.4, 0.5) is 0 Å². The smallest absolute Gasteiger partial charge is 0.309 e. The first-order valence-electron chi connectivity index (χ1n) is 5.76. The summed E-state index contributed by atoms with van der Waals surface area (Å²) in [6.07, 6.45) is 7.08. The van der Waals surface area contributed by atoms with E-state index in [0.29, 0.717) is 5.41 Å². The van der Waals surface area contributed by atoms with Gasteiger partial charge in [0, 0.05) is 0 Å². The number of hydrogen-bond acceptors (Lipinski definition) is 1. The van der Waals surface area contributed by atoms with Crippen LogP contribution in [0.1, 0.15) is 52.4 Å². The Bertz CT molecular complexity index is 243. The number of allylic oxidation sites excluding steroid dienone is 1. The fourth-order valence-corrected chi connectivity index (χ4v) is 2.35. The zero-order chi connectivity index (χ0) is 11.5. The molecule has 15 heavy (non-hydrogen) atoms. The number of carbonyl (C=O) groups is 1. The fourth-order valence-electron chi connectivity index (χ4n) is 2.35. The molecule has 0 radical (unpaired) electrons. The average molecular weight is 210 g/mol. The molecular formula is C13H22O2. The van der Waals surface area contributed by atoms with Crippen molar-refractivity contribution in [2.75, 3.05) is 0 Å². The Morgan fingerprint density at radius 1 is 1.33 bits per heavy atom. The van der Waals surface area contributed by atoms with Gasteiger partial charge in [-0.1, -0.05) is 19.9 Å². The molecule has 86 valence electrons. The highest BCUT2D eigenvalue weighted by molar-refractivity contribution is 5.74. The first-order valence-corrected chi connectivity index (χ1v) is 5.76. The van der Waals surface area contributed by atoms with E-state index in [4.69, 9.17) is 0 Å². The Balaban J connectivity index is 2.68. The largest absolute Gasteiger partial charge is 0.481 e. The Kier molecular flexibility index (Phi) is 3.58. The van der Waals surface area contributed by atoms with E-state index in [9.17, 15) is 9.90 Å². The molecule has 0 aliphatic heterocycles. The van der Waals surface area contributed by atoms with Crippen molar-refractivity contribution in [2.24, 2.45) is 10.8 Å². The summed E-state index contributed by atoms with van der Waals surface area (Å²) in [5.41, 5.74) is -0.142. The van der Waals surface area contributed by atoms with Crippen LogP contribution in [0, 0.1) is 10.8 Å². The van der Waals surface area contributed by atoms with Gasteiger partial charge in [0.05, 0.1) is 5.41 Å². The van der Waals surface area contributed by atoms with Crippen LogP contribution in [-0.2, 0) is 4.79 Å². The van der Waals surface area contributed by atoms with Crippen molar-refractivity contribution in [1.29, 1.82) is 0 Å². The van der Waals surface area contributed by atoms with E-state index >= 15 is 0 Å². The van der Waals surface area contributed by atoms with E-state index in [-0.39, 0.29) is 0 Å². The molecule has 2 heteroatoms. The van der Waals surface area contributed by atoms with Crippen molar-refractivity contribution < 1.29 is 9.90 Å². The zero-order valence-electron chi connectivity index (χ0n) is 9.88. The Morgan fingerprint density at radius 2 is 1.87 bits per heavy atom. The van der Waals surface area contributed by atoms with Crippen LogP contribution < -0.4 is 0 Å². The standard InChI is InChI=1S/C13H22O2/c1-4-5-6-13(11(14)15)9-7-12(2,3)8-10-13/h4H,1,5-10H2,2-3H3,(H,14,15). The Morgan fingerprint density at radius 3 is 2.27 bits per heavy atom. The molecule has 1 fully saturated rings. The normalized spacial score (nSPS) is 23.3. The summed E-state index contributed by atoms with van der Waals surface area (Å²) in [6.45, 7) is 8.13. The molecule has 1 aliphatic rings. The minimum atomic E-state index is -0.611. The van der Waals surface area contributed by atoms with E-state index in [0.717, 1.165) is 38.5 Å². The summed E-state index contributed by atoms with van der Waals surface area (Å²) in [5, 5.41) is 9.35. The highest BCUT2D eigenvalue weighted by atomic mass is 16.4. The lowest BCUT2D eigenvalue weighted by molar-refractivity contribution is -0.153. The van der Waals surface area contributed by atoms with Crippen LogP contribution in [-0.4, -0.2) is 11.1 Å². The molecule has 0 aromatic rings. The molecule has 1 N–H and O–H groups in total. The van der Waals surface area contributed by atoms with Gasteiger partial charge in [0.15, 0.2) is 0 Å². The zero-order valence-corrected chi connectivity index (χ0v) is 9.88. The predicted molar refractivity (Wildman–Crippen MR) is 61.7 cm³/mol. The summed E-state index contributed by atoms with van der Waals surface area (Å²) in [6, 6.07) is 0. The molecule has 0 saturated heterocycles. The third-order valence-corrected chi connectivity index (χ3v) is 3.84. The predicted octanol–water partition coefficient (Wildman–Crippen LogP) is 3.62. The SMILES string of the molecule is C=CCCC1(C(=O)O)CCC(C)(C)CC1. The topological polar surface area (TPSA) is 37.3 Å². The third kappa shape index (κ3) is 2.83. The molecule has 1 rings (SSSR count). The van der Waals surface area contributed by atoms with Gasteiger partial charge < -0.3 is 5.11 Å².